The maximum Gasteiger partial charge on any atom is 0.310 e. The summed E-state index contributed by atoms with van der Waals surface area (Å²) in [7, 11) is 0. The summed E-state index contributed by atoms with van der Waals surface area (Å²) >= 11 is 4.48. The van der Waals surface area contributed by atoms with Crippen LogP contribution in [0.5, 0.6) is 0 Å². The van der Waals surface area contributed by atoms with E-state index < -0.39 is 0 Å². The van der Waals surface area contributed by atoms with Crippen molar-refractivity contribution in [3.05, 3.63) is 0 Å². The molecule has 58 valence electrons. The van der Waals surface area contributed by atoms with Gasteiger partial charge in [-0.05, 0) is 11.3 Å². The van der Waals surface area contributed by atoms with Gasteiger partial charge in [-0.2, -0.15) is 0 Å². The third-order valence-corrected chi connectivity index (χ3v) is 0.994. The molecule has 0 bridgehead atoms. The molecule has 0 N–H and O–H groups in total. The van der Waals surface area contributed by atoms with Crippen molar-refractivity contribution in [3.63, 3.8) is 0 Å². The quantitative estimate of drug-likeness (QED) is 0.461. The smallest absolute Gasteiger partial charge is 0.310 e. The molecular weight excluding hydrogens is 148 g/mol. The molecule has 0 atom stereocenters. The summed E-state index contributed by atoms with van der Waals surface area (Å²) in [6, 6.07) is 0. The molecule has 0 spiro atoms. The minimum absolute atomic E-state index is 0.233. The fourth-order valence-corrected chi connectivity index (χ4v) is 0.523. The first-order valence-corrected chi connectivity index (χ1v) is 3.73. The number of hydrogen-bond acceptors (Lipinski definition) is 3. The first kappa shape index (κ1) is 9.56. The van der Waals surface area contributed by atoms with Gasteiger partial charge in [0.25, 0.3) is 0 Å². The molecular formula is C7H12O2S. The summed E-state index contributed by atoms with van der Waals surface area (Å²) in [6.45, 7) is 4.47. The zero-order chi connectivity index (χ0) is 7.98. The van der Waals surface area contributed by atoms with Crippen molar-refractivity contribution < 1.29 is 9.53 Å². The van der Waals surface area contributed by atoms with Gasteiger partial charge in [-0.1, -0.05) is 26.1 Å². The monoisotopic (exact) mass is 160 g/mol. The summed E-state index contributed by atoms with van der Waals surface area (Å²) in [5.41, 5.74) is 0. The molecule has 0 heterocycles. The lowest BCUT2D eigenvalue weighted by Crippen LogP contribution is -2.09. The van der Waals surface area contributed by atoms with Gasteiger partial charge in [0.1, 0.15) is 0 Å². The van der Waals surface area contributed by atoms with E-state index in [0.29, 0.717) is 12.5 Å². The fourth-order valence-electron chi connectivity index (χ4n) is 0.387. The van der Waals surface area contributed by atoms with Crippen LogP contribution in [0.15, 0.2) is 0 Å². The number of carbonyl (C=O) groups is 1. The van der Waals surface area contributed by atoms with Crippen LogP contribution in [-0.2, 0) is 9.53 Å². The molecule has 0 aromatic carbocycles. The Bertz CT molecular complexity index is 121. The van der Waals surface area contributed by atoms with Gasteiger partial charge in [-0.15, -0.1) is 0 Å². The summed E-state index contributed by atoms with van der Waals surface area (Å²) in [4.78, 5) is 10.6. The van der Waals surface area contributed by atoms with Crippen LogP contribution in [0.2, 0.25) is 0 Å². The van der Waals surface area contributed by atoms with Crippen LogP contribution in [0.4, 0.5) is 0 Å². The normalized spacial score (nSPS) is 9.50. The van der Waals surface area contributed by atoms with Gasteiger partial charge < -0.3 is 4.74 Å². The van der Waals surface area contributed by atoms with Gasteiger partial charge in [0.05, 0.1) is 13.0 Å². The number of rotatable bonds is 4. The standard InChI is InChI=1S/C7H12O2S/c1-6(2)5-9-7(8)3-4-10/h4,6H,3,5H2,1-2H3. The van der Waals surface area contributed by atoms with Crippen molar-refractivity contribution in [2.75, 3.05) is 6.61 Å². The molecule has 0 unspecified atom stereocenters. The molecule has 3 heteroatoms. The van der Waals surface area contributed by atoms with E-state index in [9.17, 15) is 4.79 Å². The highest BCUT2D eigenvalue weighted by Gasteiger charge is 2.00. The Hall–Kier alpha value is -0.440. The second-order valence-corrected chi connectivity index (χ2v) is 2.78. The fraction of sp³-hybridized carbons (Fsp3) is 0.714. The van der Waals surface area contributed by atoms with Crippen molar-refractivity contribution in [2.24, 2.45) is 5.92 Å². The minimum atomic E-state index is -0.233. The maximum atomic E-state index is 10.6. The average molecular weight is 160 g/mol. The Balaban J connectivity index is 3.30. The van der Waals surface area contributed by atoms with Crippen molar-refractivity contribution >= 4 is 23.6 Å². The van der Waals surface area contributed by atoms with Crippen LogP contribution < -0.4 is 0 Å². The van der Waals surface area contributed by atoms with Crippen molar-refractivity contribution in [1.82, 2.24) is 0 Å². The van der Waals surface area contributed by atoms with E-state index in [2.05, 4.69) is 12.2 Å². The van der Waals surface area contributed by atoms with E-state index in [1.807, 2.05) is 13.8 Å². The Labute approximate surface area is 66.6 Å². The van der Waals surface area contributed by atoms with Gasteiger partial charge >= 0.3 is 5.97 Å². The van der Waals surface area contributed by atoms with Crippen LogP contribution in [-0.4, -0.2) is 17.9 Å². The van der Waals surface area contributed by atoms with Gasteiger partial charge in [0.2, 0.25) is 0 Å². The molecule has 0 aromatic rings. The predicted octanol–water partition coefficient (Wildman–Crippen LogP) is 1.58. The van der Waals surface area contributed by atoms with Crippen molar-refractivity contribution in [1.29, 1.82) is 0 Å². The highest BCUT2D eigenvalue weighted by Crippen LogP contribution is 1.93. The second-order valence-electron chi connectivity index (χ2n) is 2.45. The van der Waals surface area contributed by atoms with Crippen molar-refractivity contribution in [3.8, 4) is 0 Å². The largest absolute Gasteiger partial charge is 0.465 e. The predicted molar refractivity (Wildman–Crippen MR) is 44.1 cm³/mol. The number of ether oxygens (including phenoxy) is 1. The molecule has 10 heavy (non-hydrogen) atoms. The number of thiocarbonyl (C=S) groups is 1. The molecule has 0 radical (unpaired) electrons. The van der Waals surface area contributed by atoms with Crippen molar-refractivity contribution in [2.45, 2.75) is 20.3 Å². The molecule has 0 aromatic heterocycles. The lowest BCUT2D eigenvalue weighted by molar-refractivity contribution is -0.143. The van der Waals surface area contributed by atoms with Gasteiger partial charge in [0, 0.05) is 0 Å². The highest BCUT2D eigenvalue weighted by molar-refractivity contribution is 7.79. The topological polar surface area (TPSA) is 26.3 Å². The van der Waals surface area contributed by atoms with E-state index in [4.69, 9.17) is 4.74 Å². The number of esters is 1. The van der Waals surface area contributed by atoms with Crippen LogP contribution in [0.1, 0.15) is 20.3 Å². The molecule has 0 amide bonds. The van der Waals surface area contributed by atoms with E-state index >= 15 is 0 Å². The number of hydrogen-bond donors (Lipinski definition) is 0. The van der Waals surface area contributed by atoms with Gasteiger partial charge in [-0.3, -0.25) is 4.79 Å². The third-order valence-electron chi connectivity index (χ3n) is 0.828. The highest BCUT2D eigenvalue weighted by atomic mass is 32.1. The van der Waals surface area contributed by atoms with Crippen LogP contribution >= 0.6 is 12.2 Å². The molecule has 0 saturated heterocycles. The lowest BCUT2D eigenvalue weighted by Gasteiger charge is -2.04. The van der Waals surface area contributed by atoms with Crippen LogP contribution in [0.25, 0.3) is 0 Å². The molecule has 0 aliphatic rings. The van der Waals surface area contributed by atoms with Crippen LogP contribution in [0.3, 0.4) is 0 Å². The van der Waals surface area contributed by atoms with E-state index in [0.717, 1.165) is 0 Å². The summed E-state index contributed by atoms with van der Waals surface area (Å²) in [6.07, 6.45) is 0.238. The Morgan fingerprint density at radius 1 is 1.70 bits per heavy atom. The molecule has 0 fully saturated rings. The number of carbonyl (C=O) groups excluding carboxylic acids is 1. The molecule has 0 aliphatic carbocycles. The first-order chi connectivity index (χ1) is 4.66. The summed E-state index contributed by atoms with van der Waals surface area (Å²) in [5.74, 6) is 0.165. The summed E-state index contributed by atoms with van der Waals surface area (Å²) in [5, 5.41) is 1.38. The zero-order valence-corrected chi connectivity index (χ0v) is 7.11. The minimum Gasteiger partial charge on any atom is -0.465 e. The molecule has 0 aliphatic heterocycles. The van der Waals surface area contributed by atoms with Gasteiger partial charge in [0.15, 0.2) is 0 Å². The maximum absolute atomic E-state index is 10.6. The second kappa shape index (κ2) is 5.35. The van der Waals surface area contributed by atoms with E-state index in [1.165, 1.54) is 5.37 Å². The Kier molecular flexibility index (Phi) is 5.12. The summed E-state index contributed by atoms with van der Waals surface area (Å²) < 4.78 is 4.81. The van der Waals surface area contributed by atoms with E-state index in [1.54, 1.807) is 0 Å². The Morgan fingerprint density at radius 3 is 2.70 bits per heavy atom. The van der Waals surface area contributed by atoms with Crippen LogP contribution in [0, 0.1) is 5.92 Å². The lowest BCUT2D eigenvalue weighted by atomic mass is 10.2. The first-order valence-electron chi connectivity index (χ1n) is 3.26. The molecule has 0 saturated carbocycles. The van der Waals surface area contributed by atoms with Gasteiger partial charge in [-0.25, -0.2) is 0 Å². The average Bonchev–Trinajstić information content (AvgIpc) is 1.85. The SMILES string of the molecule is CC(C)COC(=O)CC=S. The Morgan fingerprint density at radius 2 is 2.30 bits per heavy atom. The zero-order valence-electron chi connectivity index (χ0n) is 6.29. The molecule has 2 nitrogen and oxygen atoms in total. The van der Waals surface area contributed by atoms with E-state index in [-0.39, 0.29) is 12.4 Å². The molecule has 0 rings (SSSR count). The third kappa shape index (κ3) is 5.69.